The molecule has 6 nitrogen and oxygen atoms in total. The molecular weight excluding hydrogens is 279 g/mol. The van der Waals surface area contributed by atoms with E-state index < -0.39 is 5.97 Å². The first-order chi connectivity index (χ1) is 8.54. The number of carbonyl (C=O) groups is 1. The van der Waals surface area contributed by atoms with E-state index in [1.54, 1.807) is 25.1 Å². The minimum Gasteiger partial charge on any atom is -0.462 e. The van der Waals surface area contributed by atoms with Crippen molar-refractivity contribution in [3.05, 3.63) is 28.2 Å². The van der Waals surface area contributed by atoms with Crippen molar-refractivity contribution in [2.45, 2.75) is 6.92 Å². The molecule has 1 aromatic carbocycles. The Hall–Kier alpha value is -1.50. The third-order valence-electron chi connectivity index (χ3n) is 1.55. The van der Waals surface area contributed by atoms with Gasteiger partial charge in [-0.1, -0.05) is 23.2 Å². The van der Waals surface area contributed by atoms with Crippen molar-refractivity contribution in [1.29, 1.82) is 0 Å². The maximum Gasteiger partial charge on any atom is 0.351 e. The third kappa shape index (κ3) is 6.95. The van der Waals surface area contributed by atoms with E-state index in [9.17, 15) is 4.79 Å². The lowest BCUT2D eigenvalue weighted by atomic mass is 10.3. The molecular formula is C10H14Cl2N4O2. The van der Waals surface area contributed by atoms with E-state index in [4.69, 9.17) is 29.0 Å². The van der Waals surface area contributed by atoms with Crippen LogP contribution >= 0.6 is 23.2 Å². The number of nitrogens with one attached hydrogen (secondary N) is 1. The number of anilines is 1. The third-order valence-corrected chi connectivity index (χ3v) is 2.10. The van der Waals surface area contributed by atoms with Crippen LogP contribution in [-0.4, -0.2) is 18.8 Å². The van der Waals surface area contributed by atoms with Crippen LogP contribution in [0.25, 0.3) is 0 Å². The van der Waals surface area contributed by atoms with Gasteiger partial charge in [-0.2, -0.15) is 5.10 Å². The zero-order valence-electron chi connectivity index (χ0n) is 9.69. The van der Waals surface area contributed by atoms with E-state index in [0.29, 0.717) is 22.3 Å². The number of benzene rings is 1. The molecule has 0 saturated heterocycles. The summed E-state index contributed by atoms with van der Waals surface area (Å²) in [5.41, 5.74) is 3.10. The predicted molar refractivity (Wildman–Crippen MR) is 73.6 cm³/mol. The average molecular weight is 293 g/mol. The summed E-state index contributed by atoms with van der Waals surface area (Å²) in [5, 5.41) is 4.08. The fourth-order valence-electron chi connectivity index (χ4n) is 0.847. The van der Waals surface area contributed by atoms with Crippen molar-refractivity contribution in [3.8, 4) is 0 Å². The summed E-state index contributed by atoms with van der Waals surface area (Å²) in [5.74, 6) is 9.25. The van der Waals surface area contributed by atoms with Crippen molar-refractivity contribution in [1.82, 2.24) is 0 Å². The van der Waals surface area contributed by atoms with Crippen LogP contribution in [-0.2, 0) is 9.53 Å². The van der Waals surface area contributed by atoms with Crippen molar-refractivity contribution < 1.29 is 9.53 Å². The highest BCUT2D eigenvalue weighted by molar-refractivity contribution is 6.36. The van der Waals surface area contributed by atoms with Gasteiger partial charge in [0.25, 0.3) is 0 Å². The van der Waals surface area contributed by atoms with Gasteiger partial charge >= 0.3 is 5.97 Å². The Bertz CT molecular complexity index is 413. The van der Waals surface area contributed by atoms with E-state index in [-0.39, 0.29) is 0 Å². The predicted octanol–water partition coefficient (Wildman–Crippen LogP) is 1.77. The molecule has 0 heterocycles. The van der Waals surface area contributed by atoms with Gasteiger partial charge in [0.2, 0.25) is 0 Å². The fourth-order valence-corrected chi connectivity index (χ4v) is 1.31. The van der Waals surface area contributed by atoms with Gasteiger partial charge in [0.05, 0.1) is 17.3 Å². The molecule has 0 radical (unpaired) electrons. The van der Waals surface area contributed by atoms with Crippen molar-refractivity contribution in [3.63, 3.8) is 0 Å². The van der Waals surface area contributed by atoms with Gasteiger partial charge < -0.3 is 16.0 Å². The first-order valence-electron chi connectivity index (χ1n) is 4.86. The van der Waals surface area contributed by atoms with Crippen LogP contribution in [0.1, 0.15) is 6.92 Å². The zero-order valence-corrected chi connectivity index (χ0v) is 11.2. The topological polar surface area (TPSA) is 103 Å². The first kappa shape index (κ1) is 16.5. The number of esters is 1. The highest BCUT2D eigenvalue weighted by atomic mass is 35.5. The van der Waals surface area contributed by atoms with Crippen LogP contribution in [0, 0.1) is 0 Å². The van der Waals surface area contributed by atoms with Gasteiger partial charge in [-0.15, -0.1) is 0 Å². The van der Waals surface area contributed by atoms with Crippen LogP contribution in [0.3, 0.4) is 0 Å². The summed E-state index contributed by atoms with van der Waals surface area (Å²) in [7, 11) is 0. The van der Waals surface area contributed by atoms with Gasteiger partial charge in [0, 0.05) is 5.02 Å². The van der Waals surface area contributed by atoms with Gasteiger partial charge in [0.15, 0.2) is 0 Å². The molecule has 18 heavy (non-hydrogen) atoms. The van der Waals surface area contributed by atoms with Gasteiger partial charge in [-0.05, 0) is 25.1 Å². The van der Waals surface area contributed by atoms with E-state index >= 15 is 0 Å². The Morgan fingerprint density at radius 2 is 2.22 bits per heavy atom. The Kier molecular flexibility index (Phi) is 8.73. The second-order valence-electron chi connectivity index (χ2n) is 2.80. The lowest BCUT2D eigenvalue weighted by Gasteiger charge is -2.01. The molecule has 0 fully saturated rings. The minimum absolute atomic E-state index is 0.352. The summed E-state index contributed by atoms with van der Waals surface area (Å²) < 4.78 is 4.41. The molecule has 8 heteroatoms. The number of nitrogens with two attached hydrogens (primary N) is 2. The number of ether oxygens (including phenoxy) is 1. The molecule has 0 aromatic heterocycles. The average Bonchev–Trinajstić information content (AvgIpc) is 2.30. The number of hydrazone groups is 1. The SMILES string of the molecule is CCOC(=O)C=NN.NNc1ccc(Cl)cc1Cl. The molecule has 1 aromatic rings. The van der Waals surface area contributed by atoms with Crippen LogP contribution in [0.15, 0.2) is 23.3 Å². The molecule has 1 rings (SSSR count). The molecule has 0 aliphatic carbocycles. The number of nitrogens with zero attached hydrogens (tertiary/aromatic N) is 1. The molecule has 5 N–H and O–H groups in total. The van der Waals surface area contributed by atoms with Crippen LogP contribution in [0.5, 0.6) is 0 Å². The first-order valence-corrected chi connectivity index (χ1v) is 5.62. The summed E-state index contributed by atoms with van der Waals surface area (Å²) in [6.07, 6.45) is 0.920. The molecule has 0 spiro atoms. The molecule has 0 unspecified atom stereocenters. The molecule has 0 saturated carbocycles. The Morgan fingerprint density at radius 1 is 1.56 bits per heavy atom. The number of hydrogen-bond donors (Lipinski definition) is 3. The van der Waals surface area contributed by atoms with Crippen molar-refractivity contribution in [2.75, 3.05) is 12.0 Å². The highest BCUT2D eigenvalue weighted by Crippen LogP contribution is 2.23. The standard InChI is InChI=1S/C6H6Cl2N2.C4H8N2O2/c7-4-1-2-6(10-9)5(8)3-4;1-2-8-4(7)3-6-5/h1-3,10H,9H2;3H,2,5H2,1H3. The summed E-state index contributed by atoms with van der Waals surface area (Å²) in [6, 6.07) is 5.05. The monoisotopic (exact) mass is 292 g/mol. The van der Waals surface area contributed by atoms with Crippen LogP contribution < -0.4 is 17.1 Å². The zero-order chi connectivity index (χ0) is 14.0. The molecule has 0 bridgehead atoms. The quantitative estimate of drug-likeness (QED) is 0.341. The van der Waals surface area contributed by atoms with Gasteiger partial charge in [0.1, 0.15) is 6.21 Å². The number of hydrazine groups is 1. The van der Waals surface area contributed by atoms with Crippen LogP contribution in [0.4, 0.5) is 5.69 Å². The van der Waals surface area contributed by atoms with Gasteiger partial charge in [-0.3, -0.25) is 5.84 Å². The van der Waals surface area contributed by atoms with E-state index in [1.807, 2.05) is 0 Å². The maximum absolute atomic E-state index is 10.2. The maximum atomic E-state index is 10.2. The molecule has 0 atom stereocenters. The number of halogens is 2. The lowest BCUT2D eigenvalue weighted by Crippen LogP contribution is -2.06. The number of rotatable bonds is 3. The number of hydrogen-bond acceptors (Lipinski definition) is 6. The second-order valence-corrected chi connectivity index (χ2v) is 3.64. The second kappa shape index (κ2) is 9.52. The van der Waals surface area contributed by atoms with Crippen molar-refractivity contribution >= 4 is 41.1 Å². The minimum atomic E-state index is -0.505. The molecule has 0 amide bonds. The highest BCUT2D eigenvalue weighted by Gasteiger charge is 1.96. The Morgan fingerprint density at radius 3 is 2.67 bits per heavy atom. The normalized spacial score (nSPS) is 9.56. The van der Waals surface area contributed by atoms with E-state index in [0.717, 1.165) is 6.21 Å². The summed E-state index contributed by atoms with van der Waals surface area (Å²) in [6.45, 7) is 2.06. The summed E-state index contributed by atoms with van der Waals surface area (Å²) >= 11 is 11.3. The molecule has 0 aliphatic rings. The van der Waals surface area contributed by atoms with E-state index in [2.05, 4.69) is 21.1 Å². The smallest absolute Gasteiger partial charge is 0.351 e. The summed E-state index contributed by atoms with van der Waals surface area (Å²) in [4.78, 5) is 10.2. The fraction of sp³-hybridized carbons (Fsp3) is 0.200. The molecule has 0 aliphatic heterocycles. The van der Waals surface area contributed by atoms with E-state index in [1.165, 1.54) is 0 Å². The van der Waals surface area contributed by atoms with Crippen molar-refractivity contribution in [2.24, 2.45) is 16.8 Å². The largest absolute Gasteiger partial charge is 0.462 e. The van der Waals surface area contributed by atoms with Crippen LogP contribution in [0.2, 0.25) is 10.0 Å². The lowest BCUT2D eigenvalue weighted by molar-refractivity contribution is -0.134. The van der Waals surface area contributed by atoms with Gasteiger partial charge in [-0.25, -0.2) is 4.79 Å². The number of nitrogen functional groups attached to an aromatic ring is 1. The number of carbonyl (C=O) groups excluding carboxylic acids is 1. The Labute approximate surface area is 115 Å². The Balaban J connectivity index is 0.000000331. The molecule has 100 valence electrons.